The highest BCUT2D eigenvalue weighted by molar-refractivity contribution is 9.10. The Balaban J connectivity index is 1.84. The minimum atomic E-state index is -0.841. The summed E-state index contributed by atoms with van der Waals surface area (Å²) < 4.78 is 11.3. The largest absolute Gasteiger partial charge is 0.496 e. The van der Waals surface area contributed by atoms with E-state index in [1.807, 2.05) is 0 Å². The molecule has 35 heavy (non-hydrogen) atoms. The van der Waals surface area contributed by atoms with E-state index < -0.39 is 17.9 Å². The molecule has 1 unspecified atom stereocenters. The average Bonchev–Trinajstić information content (AvgIpc) is 2.84. The van der Waals surface area contributed by atoms with Crippen molar-refractivity contribution >= 4 is 51.0 Å². The molecule has 0 aromatic heterocycles. The van der Waals surface area contributed by atoms with Gasteiger partial charge in [-0.15, -0.1) is 0 Å². The number of esters is 1. The molecule has 0 saturated carbocycles. The highest BCUT2D eigenvalue weighted by atomic mass is 79.9. The van der Waals surface area contributed by atoms with Crippen LogP contribution in [0, 0.1) is 0 Å². The van der Waals surface area contributed by atoms with E-state index in [4.69, 9.17) is 21.7 Å². The highest BCUT2D eigenvalue weighted by Gasteiger charge is 2.34. The van der Waals surface area contributed by atoms with Gasteiger partial charge in [-0.1, -0.05) is 67.8 Å². The lowest BCUT2D eigenvalue weighted by Gasteiger charge is -2.36. The molecule has 1 fully saturated rings. The highest BCUT2D eigenvalue weighted by Crippen LogP contribution is 2.23. The molecule has 1 atom stereocenters. The second kappa shape index (κ2) is 15.7. The summed E-state index contributed by atoms with van der Waals surface area (Å²) in [5.41, 5.74) is 0.298. The molecule has 1 aliphatic rings. The van der Waals surface area contributed by atoms with Gasteiger partial charge in [0.15, 0.2) is 5.11 Å². The topological polar surface area (TPSA) is 97.0 Å². The van der Waals surface area contributed by atoms with Crippen LogP contribution in [-0.2, 0) is 14.3 Å². The van der Waals surface area contributed by atoms with Gasteiger partial charge >= 0.3 is 5.97 Å². The van der Waals surface area contributed by atoms with Gasteiger partial charge < -0.3 is 19.7 Å². The summed E-state index contributed by atoms with van der Waals surface area (Å²) in [6.07, 6.45) is 9.09. The zero-order chi connectivity index (χ0) is 25.6. The summed E-state index contributed by atoms with van der Waals surface area (Å²) in [7, 11) is 1.47. The lowest BCUT2D eigenvalue weighted by Crippen LogP contribution is -2.60. The monoisotopic (exact) mass is 569 g/mol. The molecule has 0 aliphatic carbocycles. The Kier molecular flexibility index (Phi) is 13.0. The number of halogens is 1. The molecule has 194 valence electrons. The summed E-state index contributed by atoms with van der Waals surface area (Å²) >= 11 is 8.77. The van der Waals surface area contributed by atoms with E-state index in [-0.39, 0.29) is 17.4 Å². The zero-order valence-corrected chi connectivity index (χ0v) is 23.0. The number of thiocarbonyl (C=S) groups is 1. The number of nitrogens with one attached hydrogen (secondary N) is 2. The molecule has 2 N–H and O–H groups in total. The normalized spacial score (nSPS) is 15.3. The predicted octanol–water partition coefficient (Wildman–Crippen LogP) is 4.35. The maximum Gasteiger partial charge on any atom is 0.308 e. The summed E-state index contributed by atoms with van der Waals surface area (Å²) in [5.74, 6) is -0.846. The quantitative estimate of drug-likeness (QED) is 0.207. The molecule has 0 bridgehead atoms. The van der Waals surface area contributed by atoms with Crippen LogP contribution in [0.5, 0.6) is 5.75 Å². The number of carbonyl (C=O) groups excluding carboxylic acids is 3. The van der Waals surface area contributed by atoms with Crippen molar-refractivity contribution in [3.8, 4) is 5.75 Å². The number of hydrogen-bond acceptors (Lipinski definition) is 6. The van der Waals surface area contributed by atoms with Crippen molar-refractivity contribution < 1.29 is 23.9 Å². The van der Waals surface area contributed by atoms with E-state index in [0.717, 1.165) is 19.3 Å². The SMILES string of the molecule is CCCCCCCCCCOC(=O)CC1C(=O)NCCN1C(=S)NC(=O)c1cc(Br)ccc1OC. The Bertz CT molecular complexity index is 883. The van der Waals surface area contributed by atoms with Crippen molar-refractivity contribution in [2.45, 2.75) is 70.8 Å². The third-order valence-electron chi connectivity index (χ3n) is 5.84. The summed E-state index contributed by atoms with van der Waals surface area (Å²) in [5, 5.41) is 5.49. The molecular formula is C25H36BrN3O5S. The Morgan fingerprint density at radius 1 is 1.17 bits per heavy atom. The predicted molar refractivity (Wildman–Crippen MR) is 142 cm³/mol. The lowest BCUT2D eigenvalue weighted by atomic mass is 10.1. The number of amides is 2. The van der Waals surface area contributed by atoms with Gasteiger partial charge in [-0.05, 0) is 36.8 Å². The third kappa shape index (κ3) is 9.76. The number of benzene rings is 1. The molecule has 0 spiro atoms. The lowest BCUT2D eigenvalue weighted by molar-refractivity contribution is -0.147. The van der Waals surface area contributed by atoms with E-state index in [9.17, 15) is 14.4 Å². The first-order valence-corrected chi connectivity index (χ1v) is 13.5. The fourth-order valence-electron chi connectivity index (χ4n) is 3.89. The first-order valence-electron chi connectivity index (χ1n) is 12.3. The van der Waals surface area contributed by atoms with Crippen molar-refractivity contribution in [1.29, 1.82) is 0 Å². The van der Waals surface area contributed by atoms with Crippen LogP contribution in [0.2, 0.25) is 0 Å². The Morgan fingerprint density at radius 3 is 2.54 bits per heavy atom. The van der Waals surface area contributed by atoms with Crippen LogP contribution in [0.4, 0.5) is 0 Å². The van der Waals surface area contributed by atoms with Crippen molar-refractivity contribution in [2.75, 3.05) is 26.8 Å². The molecule has 1 saturated heterocycles. The van der Waals surface area contributed by atoms with Crippen LogP contribution in [0.3, 0.4) is 0 Å². The Labute approximate surface area is 221 Å². The molecular weight excluding hydrogens is 534 g/mol. The van der Waals surface area contributed by atoms with E-state index in [0.29, 0.717) is 35.5 Å². The third-order valence-corrected chi connectivity index (χ3v) is 6.67. The first kappa shape index (κ1) is 29.0. The molecule has 2 rings (SSSR count). The maximum atomic E-state index is 12.8. The van der Waals surface area contributed by atoms with Gasteiger partial charge in [0, 0.05) is 17.6 Å². The second-order valence-corrected chi connectivity index (χ2v) is 9.81. The van der Waals surface area contributed by atoms with E-state index >= 15 is 0 Å². The molecule has 10 heteroatoms. The molecule has 0 radical (unpaired) electrons. The fraction of sp³-hybridized carbons (Fsp3) is 0.600. The number of rotatable bonds is 13. The van der Waals surface area contributed by atoms with Crippen molar-refractivity contribution in [1.82, 2.24) is 15.5 Å². The molecule has 1 heterocycles. The van der Waals surface area contributed by atoms with E-state index in [1.165, 1.54) is 39.2 Å². The number of ether oxygens (including phenoxy) is 2. The Morgan fingerprint density at radius 2 is 1.86 bits per heavy atom. The van der Waals surface area contributed by atoms with Crippen molar-refractivity contribution in [2.24, 2.45) is 0 Å². The van der Waals surface area contributed by atoms with Crippen LogP contribution in [0.25, 0.3) is 0 Å². The van der Waals surface area contributed by atoms with Crippen molar-refractivity contribution in [3.63, 3.8) is 0 Å². The van der Waals surface area contributed by atoms with E-state index in [2.05, 4.69) is 33.5 Å². The van der Waals surface area contributed by atoms with Crippen LogP contribution >= 0.6 is 28.1 Å². The van der Waals surface area contributed by atoms with Crippen LogP contribution < -0.4 is 15.4 Å². The Hall–Kier alpha value is -2.20. The molecule has 2 amide bonds. The molecule has 1 aromatic carbocycles. The number of nitrogens with zero attached hydrogens (tertiary/aromatic N) is 1. The minimum Gasteiger partial charge on any atom is -0.496 e. The number of piperazine rings is 1. The number of unbranched alkanes of at least 4 members (excludes halogenated alkanes) is 7. The fourth-order valence-corrected chi connectivity index (χ4v) is 4.57. The van der Waals surface area contributed by atoms with E-state index in [1.54, 1.807) is 23.1 Å². The van der Waals surface area contributed by atoms with Gasteiger partial charge in [0.1, 0.15) is 11.8 Å². The maximum absolute atomic E-state index is 12.8. The van der Waals surface area contributed by atoms with Gasteiger partial charge in [-0.3, -0.25) is 19.7 Å². The molecule has 1 aromatic rings. The number of methoxy groups -OCH3 is 1. The molecule has 1 aliphatic heterocycles. The minimum absolute atomic E-state index is 0.0766. The van der Waals surface area contributed by atoms with Crippen molar-refractivity contribution in [3.05, 3.63) is 28.2 Å². The number of hydrogen-bond donors (Lipinski definition) is 2. The van der Waals surface area contributed by atoms with Crippen LogP contribution in [0.1, 0.15) is 75.1 Å². The van der Waals surface area contributed by atoms with Gasteiger partial charge in [0.05, 0.1) is 25.7 Å². The molecule has 8 nitrogen and oxygen atoms in total. The second-order valence-electron chi connectivity index (χ2n) is 8.50. The summed E-state index contributed by atoms with van der Waals surface area (Å²) in [4.78, 5) is 39.3. The summed E-state index contributed by atoms with van der Waals surface area (Å²) in [6.45, 7) is 3.27. The van der Waals surface area contributed by atoms with Gasteiger partial charge in [0.2, 0.25) is 5.91 Å². The first-order chi connectivity index (χ1) is 16.9. The van der Waals surface area contributed by atoms with Gasteiger partial charge in [-0.2, -0.15) is 0 Å². The number of carbonyl (C=O) groups is 3. The van der Waals surface area contributed by atoms with Crippen LogP contribution in [-0.4, -0.2) is 60.6 Å². The zero-order valence-electron chi connectivity index (χ0n) is 20.6. The van der Waals surface area contributed by atoms with Crippen LogP contribution in [0.15, 0.2) is 22.7 Å². The average molecular weight is 571 g/mol. The van der Waals surface area contributed by atoms with Gasteiger partial charge in [0.25, 0.3) is 5.91 Å². The smallest absolute Gasteiger partial charge is 0.308 e. The van der Waals surface area contributed by atoms with Gasteiger partial charge in [-0.25, -0.2) is 0 Å². The standard InChI is InChI=1S/C25H36BrN3O5S/c1-3-4-5-6-7-8-9-10-15-34-22(30)17-20-24(32)27-13-14-29(20)25(35)28-23(31)19-16-18(26)11-12-21(19)33-2/h11-12,16,20H,3-10,13-15,17H2,1-2H3,(H,27,32)(H,28,31,35). The summed E-state index contributed by atoms with van der Waals surface area (Å²) in [6, 6.07) is 4.21.